The van der Waals surface area contributed by atoms with Gasteiger partial charge in [0.25, 0.3) is 5.91 Å². The van der Waals surface area contributed by atoms with Crippen LogP contribution in [0.4, 0.5) is 15.3 Å². The lowest BCUT2D eigenvalue weighted by atomic mass is 9.99. The second-order valence-corrected chi connectivity index (χ2v) is 6.67. The zero-order valence-electron chi connectivity index (χ0n) is 15.7. The Labute approximate surface area is 161 Å². The maximum Gasteiger partial charge on any atom is 0.325 e. The fourth-order valence-corrected chi connectivity index (χ4v) is 2.92. The summed E-state index contributed by atoms with van der Waals surface area (Å²) >= 11 is 0. The average Bonchev–Trinajstić information content (AvgIpc) is 3.24. The van der Waals surface area contributed by atoms with Gasteiger partial charge in [0.05, 0.1) is 6.26 Å². The quantitative estimate of drug-likeness (QED) is 0.697. The highest BCUT2D eigenvalue weighted by Gasteiger charge is 2.51. The lowest BCUT2D eigenvalue weighted by Gasteiger charge is -2.18. The summed E-state index contributed by atoms with van der Waals surface area (Å²) in [6.07, 6.45) is 1.38. The first-order valence-electron chi connectivity index (χ1n) is 8.57. The standard InChI is InChI=1S/C19H20N4O5/c1-11-6-4-7-13(12(11)2)20-17(26)21-15(24)10-23-16(25)19(3,22-18(23)27)14-8-5-9-28-14/h4-9H,10H2,1-3H3,(H,22,27)(H2,20,21,24,26). The lowest BCUT2D eigenvalue weighted by molar-refractivity contribution is -0.135. The van der Waals surface area contributed by atoms with Crippen molar-refractivity contribution in [1.29, 1.82) is 0 Å². The topological polar surface area (TPSA) is 121 Å². The van der Waals surface area contributed by atoms with E-state index in [1.807, 2.05) is 19.9 Å². The number of nitrogens with zero attached hydrogens (tertiary/aromatic N) is 1. The molecule has 0 saturated carbocycles. The molecule has 1 unspecified atom stereocenters. The second kappa shape index (κ2) is 7.18. The van der Waals surface area contributed by atoms with Crippen LogP contribution in [0.3, 0.4) is 0 Å². The van der Waals surface area contributed by atoms with E-state index in [0.29, 0.717) is 5.69 Å². The van der Waals surface area contributed by atoms with Crippen molar-refractivity contribution in [3.05, 3.63) is 53.5 Å². The van der Waals surface area contributed by atoms with Gasteiger partial charge in [-0.2, -0.15) is 0 Å². The number of carbonyl (C=O) groups is 4. The monoisotopic (exact) mass is 384 g/mol. The van der Waals surface area contributed by atoms with E-state index in [4.69, 9.17) is 4.42 Å². The van der Waals surface area contributed by atoms with Gasteiger partial charge in [-0.25, -0.2) is 9.59 Å². The van der Waals surface area contributed by atoms with Crippen LogP contribution in [0.25, 0.3) is 0 Å². The molecule has 1 aromatic heterocycles. The highest BCUT2D eigenvalue weighted by atomic mass is 16.3. The predicted molar refractivity (Wildman–Crippen MR) is 99.4 cm³/mol. The second-order valence-electron chi connectivity index (χ2n) is 6.67. The van der Waals surface area contributed by atoms with Crippen molar-refractivity contribution >= 4 is 29.6 Å². The van der Waals surface area contributed by atoms with Crippen LogP contribution in [-0.4, -0.2) is 35.3 Å². The molecule has 146 valence electrons. The first-order valence-corrected chi connectivity index (χ1v) is 8.57. The Kier molecular flexibility index (Phi) is 4.91. The molecule has 9 nitrogen and oxygen atoms in total. The molecule has 0 spiro atoms. The average molecular weight is 384 g/mol. The normalized spacial score (nSPS) is 18.8. The van der Waals surface area contributed by atoms with E-state index in [2.05, 4.69) is 16.0 Å². The van der Waals surface area contributed by atoms with Gasteiger partial charge in [0.1, 0.15) is 12.3 Å². The molecule has 28 heavy (non-hydrogen) atoms. The Morgan fingerprint density at radius 2 is 1.93 bits per heavy atom. The Morgan fingerprint density at radius 3 is 2.61 bits per heavy atom. The molecule has 0 radical (unpaired) electrons. The van der Waals surface area contributed by atoms with Crippen LogP contribution in [0.5, 0.6) is 0 Å². The summed E-state index contributed by atoms with van der Waals surface area (Å²) in [7, 11) is 0. The molecule has 0 bridgehead atoms. The highest BCUT2D eigenvalue weighted by molar-refractivity contribution is 6.10. The molecule has 2 heterocycles. The van der Waals surface area contributed by atoms with E-state index in [1.165, 1.54) is 13.2 Å². The minimum atomic E-state index is -1.40. The van der Waals surface area contributed by atoms with Gasteiger partial charge < -0.3 is 15.1 Å². The predicted octanol–water partition coefficient (Wildman–Crippen LogP) is 2.01. The summed E-state index contributed by atoms with van der Waals surface area (Å²) in [6.45, 7) is 4.63. The molecule has 2 aromatic rings. The maximum atomic E-state index is 12.6. The van der Waals surface area contributed by atoms with Crippen LogP contribution in [0.1, 0.15) is 23.8 Å². The van der Waals surface area contributed by atoms with E-state index in [-0.39, 0.29) is 5.76 Å². The molecular formula is C19H20N4O5. The zero-order chi connectivity index (χ0) is 20.5. The number of benzene rings is 1. The molecule has 1 aliphatic rings. The first-order chi connectivity index (χ1) is 13.2. The van der Waals surface area contributed by atoms with Gasteiger partial charge in [0.15, 0.2) is 5.54 Å². The first kappa shape index (κ1) is 19.2. The van der Waals surface area contributed by atoms with Crippen molar-refractivity contribution in [2.24, 2.45) is 0 Å². The van der Waals surface area contributed by atoms with E-state index in [9.17, 15) is 19.2 Å². The zero-order valence-corrected chi connectivity index (χ0v) is 15.7. The summed E-state index contributed by atoms with van der Waals surface area (Å²) in [5.41, 5.74) is 1.02. The third-order valence-electron chi connectivity index (χ3n) is 4.70. The molecule has 1 aliphatic heterocycles. The Hall–Kier alpha value is -3.62. The SMILES string of the molecule is Cc1cccc(NC(=O)NC(=O)CN2C(=O)NC(C)(c3ccco3)C2=O)c1C. The van der Waals surface area contributed by atoms with Crippen molar-refractivity contribution in [1.82, 2.24) is 15.5 Å². The van der Waals surface area contributed by atoms with Crippen LogP contribution in [0.2, 0.25) is 0 Å². The number of urea groups is 2. The van der Waals surface area contributed by atoms with Gasteiger partial charge in [0, 0.05) is 5.69 Å². The van der Waals surface area contributed by atoms with Gasteiger partial charge in [-0.05, 0) is 50.1 Å². The number of hydrogen-bond acceptors (Lipinski definition) is 5. The van der Waals surface area contributed by atoms with Gasteiger partial charge in [-0.3, -0.25) is 19.8 Å². The number of furan rings is 1. The van der Waals surface area contributed by atoms with Crippen LogP contribution in [-0.2, 0) is 15.1 Å². The summed E-state index contributed by atoms with van der Waals surface area (Å²) in [5.74, 6) is -1.19. The van der Waals surface area contributed by atoms with E-state index >= 15 is 0 Å². The van der Waals surface area contributed by atoms with Crippen molar-refractivity contribution < 1.29 is 23.6 Å². The molecule has 1 saturated heterocycles. The number of nitrogens with one attached hydrogen (secondary N) is 3. The molecular weight excluding hydrogens is 364 g/mol. The molecule has 0 aliphatic carbocycles. The number of imide groups is 2. The van der Waals surface area contributed by atoms with Crippen molar-refractivity contribution in [2.45, 2.75) is 26.3 Å². The van der Waals surface area contributed by atoms with E-state index in [1.54, 1.807) is 24.3 Å². The highest BCUT2D eigenvalue weighted by Crippen LogP contribution is 2.28. The number of carbonyl (C=O) groups excluding carboxylic acids is 4. The van der Waals surface area contributed by atoms with Crippen LogP contribution < -0.4 is 16.0 Å². The van der Waals surface area contributed by atoms with E-state index in [0.717, 1.165) is 16.0 Å². The molecule has 6 amide bonds. The Bertz CT molecular complexity index is 953. The molecule has 1 fully saturated rings. The Morgan fingerprint density at radius 1 is 1.18 bits per heavy atom. The minimum absolute atomic E-state index is 0.251. The number of aryl methyl sites for hydroxylation is 1. The third-order valence-corrected chi connectivity index (χ3v) is 4.70. The summed E-state index contributed by atoms with van der Waals surface area (Å²) in [4.78, 5) is 49.8. The maximum absolute atomic E-state index is 12.6. The van der Waals surface area contributed by atoms with Crippen molar-refractivity contribution in [2.75, 3.05) is 11.9 Å². The summed E-state index contributed by atoms with van der Waals surface area (Å²) < 4.78 is 5.22. The Balaban J connectivity index is 1.63. The van der Waals surface area contributed by atoms with Crippen molar-refractivity contribution in [3.8, 4) is 0 Å². The minimum Gasteiger partial charge on any atom is -0.466 e. The third kappa shape index (κ3) is 3.46. The molecule has 1 aromatic carbocycles. The largest absolute Gasteiger partial charge is 0.466 e. The molecule has 9 heteroatoms. The fraction of sp³-hybridized carbons (Fsp3) is 0.263. The smallest absolute Gasteiger partial charge is 0.325 e. The summed E-state index contributed by atoms with van der Waals surface area (Å²) in [5, 5.41) is 7.20. The van der Waals surface area contributed by atoms with Gasteiger partial charge in [-0.15, -0.1) is 0 Å². The van der Waals surface area contributed by atoms with Gasteiger partial charge in [-0.1, -0.05) is 12.1 Å². The number of amides is 6. The van der Waals surface area contributed by atoms with Crippen LogP contribution >= 0.6 is 0 Å². The summed E-state index contributed by atoms with van der Waals surface area (Å²) in [6, 6.07) is 7.04. The molecule has 1 atom stereocenters. The van der Waals surface area contributed by atoms with Crippen LogP contribution in [0, 0.1) is 13.8 Å². The fourth-order valence-electron chi connectivity index (χ4n) is 2.92. The van der Waals surface area contributed by atoms with Crippen LogP contribution in [0.15, 0.2) is 41.0 Å². The molecule has 3 rings (SSSR count). The number of hydrogen-bond donors (Lipinski definition) is 3. The lowest BCUT2D eigenvalue weighted by Crippen LogP contribution is -2.45. The number of anilines is 1. The van der Waals surface area contributed by atoms with E-state index < -0.39 is 36.0 Å². The number of rotatable bonds is 4. The van der Waals surface area contributed by atoms with Gasteiger partial charge in [0.2, 0.25) is 5.91 Å². The molecule has 3 N–H and O–H groups in total. The van der Waals surface area contributed by atoms with Crippen molar-refractivity contribution in [3.63, 3.8) is 0 Å². The van der Waals surface area contributed by atoms with Gasteiger partial charge >= 0.3 is 12.1 Å².